The number of aliphatic carboxylic acids is 1. The molecule has 0 aliphatic rings. The Morgan fingerprint density at radius 1 is 1.35 bits per heavy atom. The van der Waals surface area contributed by atoms with Gasteiger partial charge in [-0.05, 0) is 12.1 Å². The van der Waals surface area contributed by atoms with Crippen LogP contribution in [0.5, 0.6) is 0 Å². The van der Waals surface area contributed by atoms with Gasteiger partial charge >= 0.3 is 5.97 Å². The molecule has 2 N–H and O–H groups in total. The third-order valence-electron chi connectivity index (χ3n) is 2.59. The molecule has 104 valence electrons. The number of nitrogens with one attached hydrogen (secondary N) is 1. The van der Waals surface area contributed by atoms with Crippen LogP contribution >= 0.6 is 11.6 Å². The smallest absolute Gasteiger partial charge is 0.303 e. The number of imidazole rings is 1. The second kappa shape index (κ2) is 6.21. The number of amides is 1. The zero-order chi connectivity index (χ0) is 14.5. The van der Waals surface area contributed by atoms with E-state index in [1.165, 1.54) is 0 Å². The van der Waals surface area contributed by atoms with Crippen molar-refractivity contribution in [1.29, 1.82) is 0 Å². The van der Waals surface area contributed by atoms with Gasteiger partial charge < -0.3 is 15.0 Å². The van der Waals surface area contributed by atoms with Gasteiger partial charge in [-0.15, -0.1) is 0 Å². The van der Waals surface area contributed by atoms with E-state index in [0.717, 1.165) is 0 Å². The molecule has 1 aromatic carbocycles. The third-order valence-corrected chi connectivity index (χ3v) is 2.89. The van der Waals surface area contributed by atoms with Crippen LogP contribution in [0.2, 0.25) is 5.02 Å². The van der Waals surface area contributed by atoms with Crippen LogP contribution in [0, 0.1) is 0 Å². The van der Waals surface area contributed by atoms with Gasteiger partial charge in [-0.2, -0.15) is 0 Å². The van der Waals surface area contributed by atoms with Crippen molar-refractivity contribution in [3.8, 4) is 5.69 Å². The molecule has 7 heteroatoms. The zero-order valence-electron chi connectivity index (χ0n) is 10.4. The highest BCUT2D eigenvalue weighted by Gasteiger charge is 2.12. The van der Waals surface area contributed by atoms with E-state index in [4.69, 9.17) is 16.7 Å². The molecule has 0 aliphatic carbocycles. The van der Waals surface area contributed by atoms with Gasteiger partial charge in [0.25, 0.3) is 0 Å². The van der Waals surface area contributed by atoms with Crippen LogP contribution in [0.1, 0.15) is 12.8 Å². The number of hydrogen-bond donors (Lipinski definition) is 2. The molecule has 2 aromatic rings. The number of benzene rings is 1. The summed E-state index contributed by atoms with van der Waals surface area (Å²) in [7, 11) is 0. The fourth-order valence-electron chi connectivity index (χ4n) is 1.70. The van der Waals surface area contributed by atoms with Crippen LogP contribution in [0.4, 0.5) is 5.69 Å². The fraction of sp³-hybridized carbons (Fsp3) is 0.154. The highest BCUT2D eigenvalue weighted by atomic mass is 35.5. The average molecular weight is 294 g/mol. The predicted molar refractivity (Wildman–Crippen MR) is 74.1 cm³/mol. The minimum atomic E-state index is -1.01. The number of carboxylic acid groups (broad SMARTS) is 1. The molecule has 0 bridgehead atoms. The summed E-state index contributed by atoms with van der Waals surface area (Å²) in [4.78, 5) is 26.1. The van der Waals surface area contributed by atoms with Crippen molar-refractivity contribution >= 4 is 29.2 Å². The van der Waals surface area contributed by atoms with Gasteiger partial charge in [0.05, 0.1) is 29.1 Å². The molecular formula is C13H12ClN3O3. The number of para-hydroxylation sites is 1. The number of aromatic nitrogens is 2. The van der Waals surface area contributed by atoms with Crippen LogP contribution in [-0.4, -0.2) is 26.5 Å². The lowest BCUT2D eigenvalue weighted by Crippen LogP contribution is -2.14. The van der Waals surface area contributed by atoms with Crippen molar-refractivity contribution in [2.24, 2.45) is 0 Å². The Morgan fingerprint density at radius 3 is 2.80 bits per heavy atom. The van der Waals surface area contributed by atoms with Crippen LogP contribution in [0.15, 0.2) is 36.9 Å². The fourth-order valence-corrected chi connectivity index (χ4v) is 1.98. The Morgan fingerprint density at radius 2 is 2.15 bits per heavy atom. The van der Waals surface area contributed by atoms with Gasteiger partial charge in [0.15, 0.2) is 0 Å². The third kappa shape index (κ3) is 3.36. The summed E-state index contributed by atoms with van der Waals surface area (Å²) in [5.74, 6) is -1.39. The van der Waals surface area contributed by atoms with E-state index < -0.39 is 5.97 Å². The molecule has 0 radical (unpaired) electrons. The summed E-state index contributed by atoms with van der Waals surface area (Å²) >= 11 is 6.14. The number of carboxylic acids is 1. The molecule has 1 aromatic heterocycles. The summed E-state index contributed by atoms with van der Waals surface area (Å²) in [5.41, 5.74) is 1.10. The van der Waals surface area contributed by atoms with Crippen LogP contribution in [0.25, 0.3) is 5.69 Å². The first kappa shape index (κ1) is 14.1. The number of nitrogens with zero attached hydrogens (tertiary/aromatic N) is 2. The van der Waals surface area contributed by atoms with Crippen molar-refractivity contribution < 1.29 is 14.7 Å². The SMILES string of the molecule is O=C(O)CCC(=O)Nc1cccc(Cl)c1-n1ccnc1. The van der Waals surface area contributed by atoms with Crippen molar-refractivity contribution in [1.82, 2.24) is 9.55 Å². The molecule has 2 rings (SSSR count). The van der Waals surface area contributed by atoms with E-state index in [1.54, 1.807) is 41.5 Å². The monoisotopic (exact) mass is 293 g/mol. The largest absolute Gasteiger partial charge is 0.481 e. The topological polar surface area (TPSA) is 84.2 Å². The van der Waals surface area contributed by atoms with Gasteiger partial charge in [0.1, 0.15) is 0 Å². The summed E-state index contributed by atoms with van der Waals surface area (Å²) in [6.07, 6.45) is 4.56. The Bertz CT molecular complexity index is 626. The maximum atomic E-state index is 11.7. The molecule has 0 saturated heterocycles. The van der Waals surface area contributed by atoms with E-state index >= 15 is 0 Å². The Balaban J connectivity index is 2.22. The lowest BCUT2D eigenvalue weighted by atomic mass is 10.2. The maximum Gasteiger partial charge on any atom is 0.303 e. The summed E-state index contributed by atoms with van der Waals surface area (Å²) < 4.78 is 1.68. The molecule has 0 atom stereocenters. The number of carbonyl (C=O) groups is 2. The Hall–Kier alpha value is -2.34. The molecule has 0 spiro atoms. The van der Waals surface area contributed by atoms with E-state index in [1.807, 2.05) is 0 Å². The predicted octanol–water partition coefficient (Wildman–Crippen LogP) is 2.33. The minimum Gasteiger partial charge on any atom is -0.481 e. The number of hydrogen-bond acceptors (Lipinski definition) is 3. The molecule has 0 fully saturated rings. The lowest BCUT2D eigenvalue weighted by molar-refractivity contribution is -0.138. The van der Waals surface area contributed by atoms with Gasteiger partial charge in [-0.1, -0.05) is 17.7 Å². The van der Waals surface area contributed by atoms with Crippen molar-refractivity contribution in [3.05, 3.63) is 41.9 Å². The van der Waals surface area contributed by atoms with Crippen LogP contribution < -0.4 is 5.32 Å². The van der Waals surface area contributed by atoms with E-state index in [-0.39, 0.29) is 18.7 Å². The number of rotatable bonds is 5. The second-order valence-corrected chi connectivity index (χ2v) is 4.46. The molecular weight excluding hydrogens is 282 g/mol. The van der Waals surface area contributed by atoms with Gasteiger partial charge in [-0.25, -0.2) is 4.98 Å². The summed E-state index contributed by atoms with van der Waals surface area (Å²) in [6, 6.07) is 5.10. The van der Waals surface area contributed by atoms with Gasteiger partial charge in [-0.3, -0.25) is 9.59 Å². The number of anilines is 1. The van der Waals surface area contributed by atoms with E-state index in [0.29, 0.717) is 16.4 Å². The number of carbonyl (C=O) groups excluding carboxylic acids is 1. The first-order valence-electron chi connectivity index (χ1n) is 5.86. The second-order valence-electron chi connectivity index (χ2n) is 4.05. The minimum absolute atomic E-state index is 0.0920. The average Bonchev–Trinajstić information content (AvgIpc) is 2.90. The first-order chi connectivity index (χ1) is 9.58. The number of halogens is 1. The van der Waals surface area contributed by atoms with Crippen molar-refractivity contribution in [3.63, 3.8) is 0 Å². The Kier molecular flexibility index (Phi) is 4.37. The molecule has 20 heavy (non-hydrogen) atoms. The molecule has 6 nitrogen and oxygen atoms in total. The maximum absolute atomic E-state index is 11.7. The normalized spacial score (nSPS) is 10.2. The van der Waals surface area contributed by atoms with Gasteiger partial charge in [0.2, 0.25) is 5.91 Å². The molecule has 1 amide bonds. The van der Waals surface area contributed by atoms with Crippen LogP contribution in [0.3, 0.4) is 0 Å². The standard InChI is InChI=1S/C13H12ClN3O3/c14-9-2-1-3-10(13(9)17-7-6-15-8-17)16-11(18)4-5-12(19)20/h1-3,6-8H,4-5H2,(H,16,18)(H,19,20). The molecule has 0 aliphatic heterocycles. The van der Waals surface area contributed by atoms with Crippen molar-refractivity contribution in [2.75, 3.05) is 5.32 Å². The highest BCUT2D eigenvalue weighted by molar-refractivity contribution is 6.33. The molecule has 1 heterocycles. The highest BCUT2D eigenvalue weighted by Crippen LogP contribution is 2.28. The molecule has 0 saturated carbocycles. The summed E-state index contributed by atoms with van der Waals surface area (Å²) in [6.45, 7) is 0. The van der Waals surface area contributed by atoms with Crippen molar-refractivity contribution in [2.45, 2.75) is 12.8 Å². The first-order valence-corrected chi connectivity index (χ1v) is 6.24. The quantitative estimate of drug-likeness (QED) is 0.886. The Labute approximate surface area is 120 Å². The van der Waals surface area contributed by atoms with E-state index in [9.17, 15) is 9.59 Å². The van der Waals surface area contributed by atoms with E-state index in [2.05, 4.69) is 10.3 Å². The zero-order valence-corrected chi connectivity index (χ0v) is 11.2. The van der Waals surface area contributed by atoms with Gasteiger partial charge in [0, 0.05) is 18.8 Å². The van der Waals surface area contributed by atoms with Crippen LogP contribution in [-0.2, 0) is 9.59 Å². The summed E-state index contributed by atoms with van der Waals surface area (Å²) in [5, 5.41) is 11.7. The molecule has 0 unspecified atom stereocenters. The lowest BCUT2D eigenvalue weighted by Gasteiger charge is -2.13.